The highest BCUT2D eigenvalue weighted by molar-refractivity contribution is 5.89. The van der Waals surface area contributed by atoms with Gasteiger partial charge in [-0.2, -0.15) is 0 Å². The van der Waals surface area contributed by atoms with Crippen LogP contribution >= 0.6 is 0 Å². The molecule has 0 aliphatic carbocycles. The first kappa shape index (κ1) is 18.4. The van der Waals surface area contributed by atoms with Crippen LogP contribution in [0.3, 0.4) is 0 Å². The molecule has 0 radical (unpaired) electrons. The fourth-order valence-corrected chi connectivity index (χ4v) is 3.58. The molecule has 1 aromatic carbocycles. The van der Waals surface area contributed by atoms with Gasteiger partial charge in [0.1, 0.15) is 5.82 Å². The first-order chi connectivity index (χ1) is 13.7. The highest BCUT2D eigenvalue weighted by atomic mass is 16.5. The molecule has 2 aromatic heterocycles. The number of aromatic nitrogens is 2. The number of carbonyl (C=O) groups is 1. The molecule has 28 heavy (non-hydrogen) atoms. The maximum Gasteiger partial charge on any atom is 0.339 e. The van der Waals surface area contributed by atoms with Crippen molar-refractivity contribution in [2.24, 2.45) is 0 Å². The molecule has 144 valence electrons. The van der Waals surface area contributed by atoms with Crippen molar-refractivity contribution in [3.8, 4) is 0 Å². The molecule has 0 bridgehead atoms. The van der Waals surface area contributed by atoms with E-state index in [1.807, 2.05) is 18.3 Å². The van der Waals surface area contributed by atoms with Crippen molar-refractivity contribution in [3.05, 3.63) is 66.0 Å². The molecular weight excluding hydrogens is 352 g/mol. The molecule has 1 fully saturated rings. The van der Waals surface area contributed by atoms with Gasteiger partial charge in [-0.25, -0.2) is 9.78 Å². The predicted molar refractivity (Wildman–Crippen MR) is 109 cm³/mol. The largest absolute Gasteiger partial charge is 0.462 e. The molecule has 1 saturated heterocycles. The lowest BCUT2D eigenvalue weighted by Gasteiger charge is -2.35. The summed E-state index contributed by atoms with van der Waals surface area (Å²) >= 11 is 0. The Hall–Kier alpha value is -2.99. The number of ether oxygens (including phenoxy) is 1. The summed E-state index contributed by atoms with van der Waals surface area (Å²) in [5.41, 5.74) is 2.85. The molecular formula is C22H24N4O2. The second kappa shape index (κ2) is 8.35. The van der Waals surface area contributed by atoms with Crippen LogP contribution in [0.1, 0.15) is 22.8 Å². The van der Waals surface area contributed by atoms with Crippen LogP contribution in [-0.4, -0.2) is 53.6 Å². The van der Waals surface area contributed by atoms with Gasteiger partial charge >= 0.3 is 5.97 Å². The van der Waals surface area contributed by atoms with Gasteiger partial charge in [0.15, 0.2) is 0 Å². The Morgan fingerprint density at radius 2 is 1.86 bits per heavy atom. The molecule has 6 heteroatoms. The fraction of sp³-hybridized carbons (Fsp3) is 0.318. The van der Waals surface area contributed by atoms with Gasteiger partial charge in [0.25, 0.3) is 0 Å². The summed E-state index contributed by atoms with van der Waals surface area (Å²) in [7, 11) is 0. The molecule has 0 atom stereocenters. The van der Waals surface area contributed by atoms with Gasteiger partial charge in [0.05, 0.1) is 17.7 Å². The van der Waals surface area contributed by atoms with E-state index in [2.05, 4.69) is 44.0 Å². The Balaban J connectivity index is 1.37. The van der Waals surface area contributed by atoms with Gasteiger partial charge in [0.2, 0.25) is 0 Å². The highest BCUT2D eigenvalue weighted by Crippen LogP contribution is 2.20. The van der Waals surface area contributed by atoms with Crippen LogP contribution < -0.4 is 4.90 Å². The second-order valence-electron chi connectivity index (χ2n) is 6.88. The highest BCUT2D eigenvalue weighted by Gasteiger charge is 2.19. The lowest BCUT2D eigenvalue weighted by Crippen LogP contribution is -2.46. The summed E-state index contributed by atoms with van der Waals surface area (Å²) in [5, 5.41) is 1.18. The molecule has 0 saturated carbocycles. The van der Waals surface area contributed by atoms with Crippen LogP contribution in [-0.2, 0) is 11.3 Å². The van der Waals surface area contributed by atoms with E-state index in [1.54, 1.807) is 19.2 Å². The minimum Gasteiger partial charge on any atom is -0.462 e. The van der Waals surface area contributed by atoms with Gasteiger partial charge in [-0.3, -0.25) is 9.88 Å². The van der Waals surface area contributed by atoms with E-state index in [0.717, 1.165) is 44.1 Å². The number of piperazine rings is 1. The first-order valence-electron chi connectivity index (χ1n) is 9.67. The Morgan fingerprint density at radius 3 is 2.61 bits per heavy atom. The van der Waals surface area contributed by atoms with Crippen molar-refractivity contribution >= 4 is 22.7 Å². The van der Waals surface area contributed by atoms with E-state index in [9.17, 15) is 4.79 Å². The number of hydrogen-bond donors (Lipinski definition) is 0. The number of carbonyl (C=O) groups excluding carboxylic acids is 1. The Bertz CT molecular complexity index is 945. The molecule has 6 nitrogen and oxygen atoms in total. The monoisotopic (exact) mass is 376 g/mol. The Morgan fingerprint density at radius 1 is 1.04 bits per heavy atom. The van der Waals surface area contributed by atoms with Gasteiger partial charge < -0.3 is 9.64 Å². The number of esters is 1. The molecule has 3 aromatic rings. The van der Waals surface area contributed by atoms with Crippen LogP contribution in [0, 0.1) is 0 Å². The predicted octanol–water partition coefficient (Wildman–Crippen LogP) is 3.13. The van der Waals surface area contributed by atoms with Crippen LogP contribution in [0.4, 0.5) is 5.82 Å². The minimum absolute atomic E-state index is 0.324. The third-order valence-corrected chi connectivity index (χ3v) is 5.07. The van der Waals surface area contributed by atoms with E-state index in [0.29, 0.717) is 12.2 Å². The van der Waals surface area contributed by atoms with Crippen molar-refractivity contribution in [1.82, 2.24) is 14.9 Å². The molecule has 0 amide bonds. The van der Waals surface area contributed by atoms with Crippen molar-refractivity contribution in [2.45, 2.75) is 13.5 Å². The number of anilines is 1. The van der Waals surface area contributed by atoms with Crippen molar-refractivity contribution in [2.75, 3.05) is 37.7 Å². The zero-order valence-electron chi connectivity index (χ0n) is 16.0. The van der Waals surface area contributed by atoms with Gasteiger partial charge in [0, 0.05) is 50.5 Å². The maximum absolute atomic E-state index is 11.8. The average molecular weight is 376 g/mol. The zero-order valence-corrected chi connectivity index (χ0v) is 16.0. The summed E-state index contributed by atoms with van der Waals surface area (Å²) in [6.45, 7) is 6.81. The van der Waals surface area contributed by atoms with Crippen molar-refractivity contribution in [3.63, 3.8) is 0 Å². The Kier molecular flexibility index (Phi) is 5.48. The van der Waals surface area contributed by atoms with Crippen LogP contribution in [0.25, 0.3) is 10.9 Å². The minimum atomic E-state index is -0.324. The molecule has 3 heterocycles. The normalized spacial score (nSPS) is 15.0. The SMILES string of the molecule is CCOC(=O)c1ccc(N2CCN(Cc3cccc4cccnc34)CC2)nc1. The number of pyridine rings is 2. The summed E-state index contributed by atoms with van der Waals surface area (Å²) in [6, 6.07) is 14.1. The van der Waals surface area contributed by atoms with Crippen LogP contribution in [0.2, 0.25) is 0 Å². The van der Waals surface area contributed by atoms with E-state index in [-0.39, 0.29) is 5.97 Å². The topological polar surface area (TPSA) is 58.6 Å². The quantitative estimate of drug-likeness (QED) is 0.638. The molecule has 0 spiro atoms. The number of hydrogen-bond acceptors (Lipinski definition) is 6. The summed E-state index contributed by atoms with van der Waals surface area (Å²) in [4.78, 5) is 25.5. The standard InChI is InChI=1S/C22H24N4O2/c1-2-28-22(27)18-8-9-20(24-15-18)26-13-11-25(12-14-26)16-19-6-3-5-17-7-4-10-23-21(17)19/h3-10,15H,2,11-14,16H2,1H3. The van der Waals surface area contributed by atoms with Gasteiger partial charge in [-0.1, -0.05) is 24.3 Å². The number of benzene rings is 1. The van der Waals surface area contributed by atoms with E-state index in [4.69, 9.17) is 4.74 Å². The maximum atomic E-state index is 11.8. The number of rotatable bonds is 5. The van der Waals surface area contributed by atoms with Crippen molar-refractivity contribution < 1.29 is 9.53 Å². The average Bonchev–Trinajstić information content (AvgIpc) is 2.75. The van der Waals surface area contributed by atoms with Gasteiger partial charge in [-0.05, 0) is 30.7 Å². The van der Waals surface area contributed by atoms with E-state index < -0.39 is 0 Å². The molecule has 4 rings (SSSR count). The first-order valence-corrected chi connectivity index (χ1v) is 9.67. The molecule has 0 unspecified atom stereocenters. The smallest absolute Gasteiger partial charge is 0.339 e. The third-order valence-electron chi connectivity index (χ3n) is 5.07. The van der Waals surface area contributed by atoms with E-state index >= 15 is 0 Å². The van der Waals surface area contributed by atoms with Crippen LogP contribution in [0.5, 0.6) is 0 Å². The van der Waals surface area contributed by atoms with Crippen molar-refractivity contribution in [1.29, 1.82) is 0 Å². The van der Waals surface area contributed by atoms with E-state index in [1.165, 1.54) is 10.9 Å². The Labute approximate surface area is 164 Å². The van der Waals surface area contributed by atoms with Gasteiger partial charge in [-0.15, -0.1) is 0 Å². The molecule has 0 N–H and O–H groups in total. The number of nitrogens with zero attached hydrogens (tertiary/aromatic N) is 4. The third kappa shape index (κ3) is 3.97. The second-order valence-corrected chi connectivity index (χ2v) is 6.88. The zero-order chi connectivity index (χ0) is 19.3. The lowest BCUT2D eigenvalue weighted by atomic mass is 10.1. The lowest BCUT2D eigenvalue weighted by molar-refractivity contribution is 0.0526. The summed E-state index contributed by atoms with van der Waals surface area (Å²) in [6.07, 6.45) is 3.46. The number of para-hydroxylation sites is 1. The summed E-state index contributed by atoms with van der Waals surface area (Å²) < 4.78 is 5.01. The fourth-order valence-electron chi connectivity index (χ4n) is 3.58. The molecule has 1 aliphatic rings. The number of fused-ring (bicyclic) bond motifs is 1. The van der Waals surface area contributed by atoms with Crippen LogP contribution in [0.15, 0.2) is 54.9 Å². The molecule has 1 aliphatic heterocycles. The summed E-state index contributed by atoms with van der Waals surface area (Å²) in [5.74, 6) is 0.578.